The van der Waals surface area contributed by atoms with Crippen LogP contribution in [-0.2, 0) is 7.05 Å². The van der Waals surface area contributed by atoms with Gasteiger partial charge in [0.05, 0.1) is 27.7 Å². The van der Waals surface area contributed by atoms with E-state index in [0.717, 1.165) is 26.9 Å². The summed E-state index contributed by atoms with van der Waals surface area (Å²) < 4.78 is 1.64. The molecule has 1 unspecified atom stereocenters. The Labute approximate surface area is 220 Å². The smallest absolute Gasteiger partial charge is 0.284 e. The van der Waals surface area contributed by atoms with E-state index in [4.69, 9.17) is 16.7 Å². The number of fused-ring (bicyclic) bond motifs is 1. The minimum absolute atomic E-state index is 0.155. The molecular formula is C28H20ClN3O2S2. The molecule has 178 valence electrons. The van der Waals surface area contributed by atoms with Crippen molar-refractivity contribution in [1.82, 2.24) is 9.58 Å². The van der Waals surface area contributed by atoms with Crippen molar-refractivity contribution >= 4 is 56.8 Å². The monoisotopic (exact) mass is 529 g/mol. The average Bonchev–Trinajstić information content (AvgIpc) is 3.67. The van der Waals surface area contributed by atoms with Gasteiger partial charge in [-0.2, -0.15) is 5.10 Å². The third-order valence-electron chi connectivity index (χ3n) is 6.43. The van der Waals surface area contributed by atoms with Crippen LogP contribution in [0.5, 0.6) is 0 Å². The molecule has 0 saturated carbocycles. The molecule has 0 radical (unpaired) electrons. The summed E-state index contributed by atoms with van der Waals surface area (Å²) in [6, 6.07) is 22.7. The number of nitrogens with zero attached hydrogens (tertiary/aromatic N) is 3. The van der Waals surface area contributed by atoms with Gasteiger partial charge in [-0.25, -0.2) is 5.01 Å². The zero-order valence-electron chi connectivity index (χ0n) is 19.2. The summed E-state index contributed by atoms with van der Waals surface area (Å²) in [4.78, 5) is 29.0. The average molecular weight is 530 g/mol. The maximum Gasteiger partial charge on any atom is 0.284 e. The van der Waals surface area contributed by atoms with Gasteiger partial charge in [0.15, 0.2) is 0 Å². The van der Waals surface area contributed by atoms with E-state index in [1.54, 1.807) is 40.1 Å². The lowest BCUT2D eigenvalue weighted by molar-refractivity contribution is 0.0719. The molecular weight excluding hydrogens is 510 g/mol. The van der Waals surface area contributed by atoms with Crippen LogP contribution in [0.25, 0.3) is 22.0 Å². The number of halogens is 1. The summed E-state index contributed by atoms with van der Waals surface area (Å²) >= 11 is 9.40. The van der Waals surface area contributed by atoms with Crippen LogP contribution in [0.4, 0.5) is 0 Å². The highest BCUT2D eigenvalue weighted by Crippen LogP contribution is 2.39. The molecule has 8 heteroatoms. The number of carbonyl (C=O) groups is 1. The van der Waals surface area contributed by atoms with E-state index in [1.165, 1.54) is 11.3 Å². The number of pyridine rings is 1. The molecule has 0 saturated heterocycles. The van der Waals surface area contributed by atoms with Gasteiger partial charge < -0.3 is 4.57 Å². The first-order valence-corrected chi connectivity index (χ1v) is 13.5. The fourth-order valence-corrected chi connectivity index (χ4v) is 6.40. The minimum atomic E-state index is -0.280. The standard InChI is InChI=1S/C28H20ClN3O2S2/c1-31-21-12-11-18(29)15-19(21)25(17-7-3-2-4-8-17)26(28(31)34)20-16-22(23-9-5-13-35-23)32(30-20)27(33)24-10-6-14-36-24/h2-15,22H,16H2,1H3. The molecule has 1 aliphatic rings. The Morgan fingerprint density at radius 3 is 2.47 bits per heavy atom. The van der Waals surface area contributed by atoms with E-state index in [9.17, 15) is 9.59 Å². The van der Waals surface area contributed by atoms with Crippen LogP contribution in [0.2, 0.25) is 5.02 Å². The highest BCUT2D eigenvalue weighted by atomic mass is 35.5. The first-order chi connectivity index (χ1) is 17.5. The zero-order valence-corrected chi connectivity index (χ0v) is 21.6. The van der Waals surface area contributed by atoms with E-state index < -0.39 is 0 Å². The lowest BCUT2D eigenvalue weighted by Crippen LogP contribution is -2.26. The Morgan fingerprint density at radius 1 is 0.972 bits per heavy atom. The van der Waals surface area contributed by atoms with Gasteiger partial charge in [-0.05, 0) is 46.7 Å². The first kappa shape index (κ1) is 22.9. The van der Waals surface area contributed by atoms with Crippen molar-refractivity contribution in [2.75, 3.05) is 0 Å². The molecule has 4 heterocycles. The quantitative estimate of drug-likeness (QED) is 0.252. The largest absolute Gasteiger partial charge is 0.311 e. The Bertz CT molecular complexity index is 1670. The van der Waals surface area contributed by atoms with E-state index in [0.29, 0.717) is 27.6 Å². The Balaban J connectivity index is 1.61. The maximum absolute atomic E-state index is 13.9. The third kappa shape index (κ3) is 3.80. The maximum atomic E-state index is 13.9. The molecule has 0 spiro atoms. The normalized spacial score (nSPS) is 15.4. The first-order valence-electron chi connectivity index (χ1n) is 11.4. The Kier molecular flexibility index (Phi) is 5.84. The molecule has 2 aromatic carbocycles. The van der Waals surface area contributed by atoms with Crippen molar-refractivity contribution in [3.8, 4) is 11.1 Å². The number of carbonyl (C=O) groups excluding carboxylic acids is 1. The second-order valence-electron chi connectivity index (χ2n) is 8.55. The van der Waals surface area contributed by atoms with Gasteiger partial charge >= 0.3 is 0 Å². The number of hydrogen-bond acceptors (Lipinski definition) is 5. The fraction of sp³-hybridized carbons (Fsp3) is 0.107. The Hall–Kier alpha value is -3.52. The number of aryl methyl sites for hydroxylation is 1. The number of thiophene rings is 2. The molecule has 0 N–H and O–H groups in total. The van der Waals surface area contributed by atoms with Crippen LogP contribution < -0.4 is 5.56 Å². The van der Waals surface area contributed by atoms with E-state index >= 15 is 0 Å². The van der Waals surface area contributed by atoms with Gasteiger partial charge in [-0.15, -0.1) is 22.7 Å². The van der Waals surface area contributed by atoms with Crippen LogP contribution in [-0.4, -0.2) is 21.2 Å². The van der Waals surface area contributed by atoms with Gasteiger partial charge in [-0.1, -0.05) is 54.1 Å². The SMILES string of the molecule is Cn1c(=O)c(C2=NN(C(=O)c3cccs3)C(c3cccs3)C2)c(-c2ccccc2)c2cc(Cl)ccc21. The predicted molar refractivity (Wildman–Crippen MR) is 148 cm³/mol. The molecule has 1 amide bonds. The van der Waals surface area contributed by atoms with Gasteiger partial charge in [0, 0.05) is 34.3 Å². The highest BCUT2D eigenvalue weighted by molar-refractivity contribution is 7.12. The van der Waals surface area contributed by atoms with Crippen molar-refractivity contribution in [3.63, 3.8) is 0 Å². The lowest BCUT2D eigenvalue weighted by atomic mass is 9.91. The molecule has 5 aromatic rings. The third-order valence-corrected chi connectivity index (χ3v) is 8.50. The van der Waals surface area contributed by atoms with Crippen LogP contribution in [0.1, 0.15) is 32.6 Å². The minimum Gasteiger partial charge on any atom is -0.311 e. The number of rotatable bonds is 4. The van der Waals surface area contributed by atoms with Gasteiger partial charge in [0.2, 0.25) is 0 Å². The Morgan fingerprint density at radius 2 is 1.75 bits per heavy atom. The van der Waals surface area contributed by atoms with Crippen molar-refractivity contribution < 1.29 is 4.79 Å². The topological polar surface area (TPSA) is 54.7 Å². The van der Waals surface area contributed by atoms with Crippen LogP contribution >= 0.6 is 34.3 Å². The zero-order chi connectivity index (χ0) is 24.8. The second kappa shape index (κ2) is 9.17. The summed E-state index contributed by atoms with van der Waals surface area (Å²) in [5.41, 5.74) is 3.41. The number of hydrogen-bond donors (Lipinski definition) is 0. The summed E-state index contributed by atoms with van der Waals surface area (Å²) in [5, 5.41) is 11.7. The van der Waals surface area contributed by atoms with Crippen molar-refractivity contribution in [1.29, 1.82) is 0 Å². The van der Waals surface area contributed by atoms with Crippen LogP contribution in [0.15, 0.2) is 93.5 Å². The summed E-state index contributed by atoms with van der Waals surface area (Å²) in [6.07, 6.45) is 0.443. The van der Waals surface area contributed by atoms with E-state index in [2.05, 4.69) is 0 Å². The van der Waals surface area contributed by atoms with Crippen molar-refractivity contribution in [3.05, 3.63) is 114 Å². The molecule has 36 heavy (non-hydrogen) atoms. The predicted octanol–water partition coefficient (Wildman–Crippen LogP) is 6.97. The van der Waals surface area contributed by atoms with Gasteiger partial charge in [0.25, 0.3) is 11.5 Å². The number of hydrazone groups is 1. The summed E-state index contributed by atoms with van der Waals surface area (Å²) in [6.45, 7) is 0. The molecule has 0 fully saturated rings. The summed E-state index contributed by atoms with van der Waals surface area (Å²) in [5.74, 6) is -0.166. The van der Waals surface area contributed by atoms with Crippen molar-refractivity contribution in [2.24, 2.45) is 12.1 Å². The van der Waals surface area contributed by atoms with E-state index in [1.807, 2.05) is 71.4 Å². The fourth-order valence-electron chi connectivity index (χ4n) is 4.76. The number of benzene rings is 2. The number of aromatic nitrogens is 1. The molecule has 3 aromatic heterocycles. The second-order valence-corrected chi connectivity index (χ2v) is 10.9. The highest BCUT2D eigenvalue weighted by Gasteiger charge is 2.37. The molecule has 6 rings (SSSR count). The van der Waals surface area contributed by atoms with Gasteiger partial charge in [-0.3, -0.25) is 9.59 Å². The molecule has 0 bridgehead atoms. The number of amides is 1. The molecule has 1 atom stereocenters. The van der Waals surface area contributed by atoms with Gasteiger partial charge in [0.1, 0.15) is 0 Å². The lowest BCUT2D eigenvalue weighted by Gasteiger charge is -2.19. The molecule has 1 aliphatic heterocycles. The van der Waals surface area contributed by atoms with Crippen LogP contribution in [0, 0.1) is 0 Å². The molecule has 0 aliphatic carbocycles. The molecule has 5 nitrogen and oxygen atoms in total. The van der Waals surface area contributed by atoms with Crippen molar-refractivity contribution in [2.45, 2.75) is 12.5 Å². The van der Waals surface area contributed by atoms with E-state index in [-0.39, 0.29) is 17.5 Å². The van der Waals surface area contributed by atoms with Crippen LogP contribution in [0.3, 0.4) is 0 Å². The summed E-state index contributed by atoms with van der Waals surface area (Å²) in [7, 11) is 1.76.